The summed E-state index contributed by atoms with van der Waals surface area (Å²) in [4.78, 5) is 0. The van der Waals surface area contributed by atoms with E-state index in [0.29, 0.717) is 18.2 Å². The van der Waals surface area contributed by atoms with Crippen molar-refractivity contribution < 1.29 is 8.81 Å². The summed E-state index contributed by atoms with van der Waals surface area (Å²) in [6.45, 7) is 2.05. The Bertz CT molecular complexity index is 791. The van der Waals surface area contributed by atoms with E-state index >= 15 is 0 Å². The Balaban J connectivity index is 1.69. The first-order valence-corrected chi connectivity index (χ1v) is 7.00. The van der Waals surface area contributed by atoms with Gasteiger partial charge in [-0.1, -0.05) is 42.0 Å². The van der Waals surface area contributed by atoms with Gasteiger partial charge in [-0.3, -0.25) is 0 Å². The number of rotatable bonds is 4. The minimum absolute atomic E-state index is 0.254. The van der Waals surface area contributed by atoms with Crippen molar-refractivity contribution in [2.24, 2.45) is 0 Å². The van der Waals surface area contributed by atoms with E-state index in [1.54, 1.807) is 18.2 Å². The van der Waals surface area contributed by atoms with Crippen molar-refractivity contribution in [3.63, 3.8) is 0 Å². The molecule has 0 saturated carbocycles. The molecule has 3 rings (SSSR count). The second kappa shape index (κ2) is 6.35. The molecule has 0 spiro atoms. The molecule has 2 aromatic carbocycles. The van der Waals surface area contributed by atoms with Gasteiger partial charge in [-0.25, -0.2) is 4.39 Å². The Morgan fingerprint density at radius 3 is 2.64 bits per heavy atom. The van der Waals surface area contributed by atoms with E-state index in [1.807, 2.05) is 31.2 Å². The van der Waals surface area contributed by atoms with Crippen molar-refractivity contribution in [2.75, 3.05) is 0 Å². The van der Waals surface area contributed by atoms with Gasteiger partial charge in [0.25, 0.3) is 0 Å². The third-order valence-electron chi connectivity index (χ3n) is 3.21. The van der Waals surface area contributed by atoms with Gasteiger partial charge >= 0.3 is 0 Å². The van der Waals surface area contributed by atoms with Crippen molar-refractivity contribution >= 4 is 12.2 Å². The van der Waals surface area contributed by atoms with Gasteiger partial charge in [0.05, 0.1) is 6.42 Å². The Hall–Kier alpha value is -2.75. The van der Waals surface area contributed by atoms with Crippen molar-refractivity contribution in [1.82, 2.24) is 10.2 Å². The first kappa shape index (κ1) is 14.2. The predicted octanol–water partition coefficient (Wildman–Crippen LogP) is 4.28. The predicted molar refractivity (Wildman–Crippen MR) is 83.6 cm³/mol. The maximum Gasteiger partial charge on any atom is 0.240 e. The molecular weight excluding hydrogens is 279 g/mol. The lowest BCUT2D eigenvalue weighted by Crippen LogP contribution is -1.88. The minimum atomic E-state index is -0.254. The van der Waals surface area contributed by atoms with E-state index < -0.39 is 0 Å². The molecule has 0 aliphatic rings. The van der Waals surface area contributed by atoms with Crippen LogP contribution in [0.2, 0.25) is 0 Å². The normalized spacial score (nSPS) is 11.2. The fourth-order valence-corrected chi connectivity index (χ4v) is 2.14. The zero-order chi connectivity index (χ0) is 15.4. The third kappa shape index (κ3) is 3.67. The fourth-order valence-electron chi connectivity index (χ4n) is 2.14. The van der Waals surface area contributed by atoms with Gasteiger partial charge in [0.1, 0.15) is 5.82 Å². The molecule has 0 bridgehead atoms. The van der Waals surface area contributed by atoms with E-state index in [0.717, 1.165) is 11.1 Å². The highest BCUT2D eigenvalue weighted by Gasteiger charge is 2.05. The molecule has 0 N–H and O–H groups in total. The average Bonchev–Trinajstić information content (AvgIpc) is 2.94. The van der Waals surface area contributed by atoms with Crippen molar-refractivity contribution in [2.45, 2.75) is 13.3 Å². The summed E-state index contributed by atoms with van der Waals surface area (Å²) in [5, 5.41) is 8.03. The summed E-state index contributed by atoms with van der Waals surface area (Å²) in [6, 6.07) is 14.4. The summed E-state index contributed by atoms with van der Waals surface area (Å²) >= 11 is 0. The molecule has 0 unspecified atom stereocenters. The van der Waals surface area contributed by atoms with Crippen LogP contribution in [0.5, 0.6) is 0 Å². The maximum absolute atomic E-state index is 12.8. The Labute approximate surface area is 128 Å². The monoisotopic (exact) mass is 294 g/mol. The molecule has 3 aromatic rings. The van der Waals surface area contributed by atoms with Crippen LogP contribution < -0.4 is 0 Å². The number of nitrogens with zero attached hydrogens (tertiary/aromatic N) is 2. The smallest absolute Gasteiger partial charge is 0.240 e. The summed E-state index contributed by atoms with van der Waals surface area (Å²) in [5.41, 5.74) is 3.21. The summed E-state index contributed by atoms with van der Waals surface area (Å²) in [7, 11) is 0. The first-order chi connectivity index (χ1) is 10.7. The van der Waals surface area contributed by atoms with Crippen LogP contribution in [0.25, 0.3) is 12.2 Å². The third-order valence-corrected chi connectivity index (χ3v) is 3.21. The van der Waals surface area contributed by atoms with Crippen LogP contribution in [0.15, 0.2) is 52.9 Å². The minimum Gasteiger partial charge on any atom is -0.421 e. The molecule has 0 aliphatic heterocycles. The number of aromatic nitrogens is 2. The van der Waals surface area contributed by atoms with Gasteiger partial charge in [0, 0.05) is 6.08 Å². The SMILES string of the molecule is Cc1cccc(Cc2nnc(/C=C/c3ccc(F)cc3)o2)c1. The zero-order valence-corrected chi connectivity index (χ0v) is 12.2. The molecule has 0 saturated heterocycles. The van der Waals surface area contributed by atoms with E-state index in [-0.39, 0.29) is 5.82 Å². The quantitative estimate of drug-likeness (QED) is 0.721. The summed E-state index contributed by atoms with van der Waals surface area (Å²) < 4.78 is 18.4. The van der Waals surface area contributed by atoms with Gasteiger partial charge in [0.2, 0.25) is 11.8 Å². The molecule has 110 valence electrons. The van der Waals surface area contributed by atoms with Crippen LogP contribution in [0.3, 0.4) is 0 Å². The molecule has 22 heavy (non-hydrogen) atoms. The standard InChI is InChI=1S/C18H15FN2O/c1-13-3-2-4-15(11-13)12-18-21-20-17(22-18)10-7-14-5-8-16(19)9-6-14/h2-11H,12H2,1H3/b10-7+. The van der Waals surface area contributed by atoms with Gasteiger partial charge in [0.15, 0.2) is 0 Å². The maximum atomic E-state index is 12.8. The molecular formula is C18H15FN2O. The van der Waals surface area contributed by atoms with E-state index in [4.69, 9.17) is 4.42 Å². The van der Waals surface area contributed by atoms with E-state index in [2.05, 4.69) is 16.3 Å². The molecule has 0 aliphatic carbocycles. The second-order valence-corrected chi connectivity index (χ2v) is 5.08. The van der Waals surface area contributed by atoms with Gasteiger partial charge in [-0.05, 0) is 36.3 Å². The highest BCUT2D eigenvalue weighted by Crippen LogP contribution is 2.12. The number of hydrogen-bond acceptors (Lipinski definition) is 3. The van der Waals surface area contributed by atoms with Crippen LogP contribution >= 0.6 is 0 Å². The Morgan fingerprint density at radius 2 is 1.86 bits per heavy atom. The number of benzene rings is 2. The Kier molecular flexibility index (Phi) is 4.10. The summed E-state index contributed by atoms with van der Waals surface area (Å²) in [6.07, 6.45) is 4.14. The molecule has 0 fully saturated rings. The molecule has 3 nitrogen and oxygen atoms in total. The van der Waals surface area contributed by atoms with Crippen molar-refractivity contribution in [3.8, 4) is 0 Å². The van der Waals surface area contributed by atoms with Crippen LogP contribution in [-0.2, 0) is 6.42 Å². The number of aryl methyl sites for hydroxylation is 1. The fraction of sp³-hybridized carbons (Fsp3) is 0.111. The topological polar surface area (TPSA) is 38.9 Å². The van der Waals surface area contributed by atoms with Crippen molar-refractivity contribution in [3.05, 3.63) is 82.8 Å². The van der Waals surface area contributed by atoms with Crippen molar-refractivity contribution in [1.29, 1.82) is 0 Å². The Morgan fingerprint density at radius 1 is 1.05 bits per heavy atom. The lowest BCUT2D eigenvalue weighted by atomic mass is 10.1. The van der Waals surface area contributed by atoms with Gasteiger partial charge in [-0.2, -0.15) is 0 Å². The number of halogens is 1. The molecule has 0 radical (unpaired) electrons. The zero-order valence-electron chi connectivity index (χ0n) is 12.2. The molecule has 0 amide bonds. The van der Waals surface area contributed by atoms with E-state index in [9.17, 15) is 4.39 Å². The lowest BCUT2D eigenvalue weighted by Gasteiger charge is -1.97. The molecule has 4 heteroatoms. The van der Waals surface area contributed by atoms with E-state index in [1.165, 1.54) is 17.7 Å². The van der Waals surface area contributed by atoms with Crippen LogP contribution in [-0.4, -0.2) is 10.2 Å². The largest absolute Gasteiger partial charge is 0.421 e. The van der Waals surface area contributed by atoms with Crippen LogP contribution in [0.1, 0.15) is 28.5 Å². The molecule has 1 aromatic heterocycles. The number of hydrogen-bond donors (Lipinski definition) is 0. The second-order valence-electron chi connectivity index (χ2n) is 5.08. The summed E-state index contributed by atoms with van der Waals surface area (Å²) in [5.74, 6) is 0.756. The first-order valence-electron chi connectivity index (χ1n) is 7.00. The highest BCUT2D eigenvalue weighted by molar-refractivity contribution is 5.65. The highest BCUT2D eigenvalue weighted by atomic mass is 19.1. The van der Waals surface area contributed by atoms with Gasteiger partial charge < -0.3 is 4.42 Å². The molecule has 1 heterocycles. The van der Waals surface area contributed by atoms with Gasteiger partial charge in [-0.15, -0.1) is 10.2 Å². The van der Waals surface area contributed by atoms with Crippen LogP contribution in [0, 0.1) is 12.7 Å². The molecule has 0 atom stereocenters. The van der Waals surface area contributed by atoms with Crippen LogP contribution in [0.4, 0.5) is 4.39 Å². The lowest BCUT2D eigenvalue weighted by molar-refractivity contribution is 0.496. The average molecular weight is 294 g/mol.